The van der Waals surface area contributed by atoms with E-state index in [2.05, 4.69) is 0 Å². The fraction of sp³-hybridized carbons (Fsp3) is 0.615. The van der Waals surface area contributed by atoms with Gasteiger partial charge in [0.05, 0.1) is 13.2 Å². The van der Waals surface area contributed by atoms with Crippen LogP contribution in [-0.2, 0) is 14.3 Å². The molecule has 3 heteroatoms. The Morgan fingerprint density at radius 2 is 1.75 bits per heavy atom. The average molecular weight is 220 g/mol. The van der Waals surface area contributed by atoms with Crippen molar-refractivity contribution in [2.75, 3.05) is 13.2 Å². The summed E-state index contributed by atoms with van der Waals surface area (Å²) in [5.41, 5.74) is 3.61. The molecule has 0 amide bonds. The molecule has 86 valence electrons. The fourth-order valence-electron chi connectivity index (χ4n) is 2.95. The van der Waals surface area contributed by atoms with E-state index in [1.807, 2.05) is 20.8 Å². The van der Waals surface area contributed by atoms with E-state index < -0.39 is 5.79 Å². The summed E-state index contributed by atoms with van der Waals surface area (Å²) in [5.74, 6) is -0.125. The molecular formula is C13H16O3. The van der Waals surface area contributed by atoms with E-state index in [0.717, 1.165) is 41.9 Å². The first-order chi connectivity index (χ1) is 7.56. The molecule has 0 radical (unpaired) electrons. The predicted molar refractivity (Wildman–Crippen MR) is 58.8 cm³/mol. The first-order valence-electron chi connectivity index (χ1n) is 5.77. The highest BCUT2D eigenvalue weighted by Crippen LogP contribution is 2.49. The molecule has 0 aromatic rings. The summed E-state index contributed by atoms with van der Waals surface area (Å²) in [4.78, 5) is 12.0. The summed E-state index contributed by atoms with van der Waals surface area (Å²) >= 11 is 0. The Labute approximate surface area is 95.1 Å². The Bertz CT molecular complexity index is 434. The zero-order valence-electron chi connectivity index (χ0n) is 9.92. The zero-order valence-corrected chi connectivity index (χ0v) is 9.92. The number of carbonyl (C=O) groups is 1. The lowest BCUT2D eigenvalue weighted by molar-refractivity contribution is -0.263. The van der Waals surface area contributed by atoms with E-state index >= 15 is 0 Å². The maximum Gasteiger partial charge on any atom is 0.215 e. The van der Waals surface area contributed by atoms with Crippen molar-refractivity contribution in [3.63, 3.8) is 0 Å². The predicted octanol–water partition coefficient (Wildman–Crippen LogP) is 1.98. The second-order valence-electron chi connectivity index (χ2n) is 4.99. The lowest BCUT2D eigenvalue weighted by atomic mass is 9.75. The fourth-order valence-corrected chi connectivity index (χ4v) is 2.95. The molecule has 3 heterocycles. The maximum atomic E-state index is 12.0. The van der Waals surface area contributed by atoms with Crippen molar-refractivity contribution in [2.24, 2.45) is 5.92 Å². The molecule has 3 nitrogen and oxygen atoms in total. The van der Waals surface area contributed by atoms with E-state index in [1.165, 1.54) is 0 Å². The van der Waals surface area contributed by atoms with Gasteiger partial charge in [0.2, 0.25) is 5.79 Å². The molecule has 3 fully saturated rings. The largest absolute Gasteiger partial charge is 0.342 e. The molecule has 0 aromatic carbocycles. The third kappa shape index (κ3) is 1.03. The van der Waals surface area contributed by atoms with Crippen LogP contribution in [0.5, 0.6) is 0 Å². The van der Waals surface area contributed by atoms with Gasteiger partial charge in [-0.2, -0.15) is 0 Å². The van der Waals surface area contributed by atoms with Crippen LogP contribution in [-0.4, -0.2) is 24.8 Å². The van der Waals surface area contributed by atoms with Gasteiger partial charge in [0.1, 0.15) is 0 Å². The topological polar surface area (TPSA) is 35.5 Å². The van der Waals surface area contributed by atoms with Crippen LogP contribution in [0, 0.1) is 5.92 Å². The smallest absolute Gasteiger partial charge is 0.215 e. The minimum absolute atomic E-state index is 0.151. The number of carbonyl (C=O) groups excluding carboxylic acids is 1. The van der Waals surface area contributed by atoms with Crippen molar-refractivity contribution in [1.82, 2.24) is 0 Å². The van der Waals surface area contributed by atoms with Gasteiger partial charge in [0.15, 0.2) is 5.78 Å². The van der Waals surface area contributed by atoms with Gasteiger partial charge in [-0.3, -0.25) is 4.79 Å². The van der Waals surface area contributed by atoms with Crippen LogP contribution in [0.1, 0.15) is 27.2 Å². The normalized spacial score (nSPS) is 38.2. The summed E-state index contributed by atoms with van der Waals surface area (Å²) in [5, 5.41) is 0. The van der Waals surface area contributed by atoms with Crippen LogP contribution in [0.4, 0.5) is 0 Å². The summed E-state index contributed by atoms with van der Waals surface area (Å²) in [6.45, 7) is 7.19. The minimum Gasteiger partial charge on any atom is -0.342 e. The Balaban J connectivity index is 2.21. The van der Waals surface area contributed by atoms with Crippen LogP contribution in [0.25, 0.3) is 0 Å². The maximum absolute atomic E-state index is 12.0. The van der Waals surface area contributed by atoms with E-state index in [9.17, 15) is 4.79 Å². The van der Waals surface area contributed by atoms with Gasteiger partial charge in [-0.05, 0) is 32.8 Å². The van der Waals surface area contributed by atoms with Crippen LogP contribution >= 0.6 is 0 Å². The molecule has 4 rings (SSSR count). The number of Topliss-reactive ketones (excluding diaryl/α,β-unsaturated/α-hetero) is 1. The van der Waals surface area contributed by atoms with Crippen LogP contribution in [0.3, 0.4) is 0 Å². The second kappa shape index (κ2) is 3.05. The van der Waals surface area contributed by atoms with Gasteiger partial charge >= 0.3 is 0 Å². The molecule has 0 saturated carbocycles. The van der Waals surface area contributed by atoms with Gasteiger partial charge in [0.25, 0.3) is 0 Å². The van der Waals surface area contributed by atoms with Crippen molar-refractivity contribution in [3.05, 3.63) is 22.3 Å². The van der Waals surface area contributed by atoms with Crippen molar-refractivity contribution >= 4 is 5.78 Å². The van der Waals surface area contributed by atoms with Gasteiger partial charge in [-0.1, -0.05) is 0 Å². The van der Waals surface area contributed by atoms with Crippen molar-refractivity contribution < 1.29 is 14.3 Å². The number of ether oxygens (including phenoxy) is 2. The monoisotopic (exact) mass is 220 g/mol. The molecular weight excluding hydrogens is 204 g/mol. The van der Waals surface area contributed by atoms with Crippen molar-refractivity contribution in [3.8, 4) is 0 Å². The Kier molecular flexibility index (Phi) is 1.95. The SMILES string of the molecule is CC1=C(C)C23OCC(CO2)CC3=C(C)C1=O. The summed E-state index contributed by atoms with van der Waals surface area (Å²) < 4.78 is 11.8. The molecule has 0 N–H and O–H groups in total. The molecule has 0 aromatic heterocycles. The van der Waals surface area contributed by atoms with Crippen LogP contribution in [0.15, 0.2) is 22.3 Å². The lowest BCUT2D eigenvalue weighted by Crippen LogP contribution is -2.54. The lowest BCUT2D eigenvalue weighted by Gasteiger charge is -2.50. The highest BCUT2D eigenvalue weighted by Gasteiger charge is 2.52. The first-order valence-corrected chi connectivity index (χ1v) is 5.77. The summed E-state index contributed by atoms with van der Waals surface area (Å²) in [6.07, 6.45) is 0.947. The first kappa shape index (κ1) is 10.2. The van der Waals surface area contributed by atoms with Crippen molar-refractivity contribution in [2.45, 2.75) is 33.0 Å². The van der Waals surface area contributed by atoms with Crippen LogP contribution < -0.4 is 0 Å². The molecule has 4 aliphatic rings. The van der Waals surface area contributed by atoms with Gasteiger partial charge < -0.3 is 9.47 Å². The molecule has 3 aliphatic heterocycles. The molecule has 0 unspecified atom stereocenters. The third-order valence-electron chi connectivity index (χ3n) is 4.12. The number of fused-ring (bicyclic) bond motifs is 2. The molecule has 16 heavy (non-hydrogen) atoms. The Hall–Kier alpha value is -0.930. The van der Waals surface area contributed by atoms with Crippen LogP contribution in [0.2, 0.25) is 0 Å². The molecule has 1 spiro atoms. The standard InChI is InChI=1S/C13H16O3/c1-7-9(3)13-11(8(2)12(7)14)4-10(5-15-13)6-16-13/h10H,4-6H2,1-3H3. The average Bonchev–Trinajstić information content (AvgIpc) is 2.35. The summed E-state index contributed by atoms with van der Waals surface area (Å²) in [6, 6.07) is 0. The minimum atomic E-state index is -0.698. The van der Waals surface area contributed by atoms with E-state index in [0.29, 0.717) is 5.92 Å². The number of ketones is 1. The van der Waals surface area contributed by atoms with E-state index in [4.69, 9.17) is 9.47 Å². The second-order valence-corrected chi connectivity index (χ2v) is 4.99. The highest BCUT2D eigenvalue weighted by molar-refractivity contribution is 6.10. The quantitative estimate of drug-likeness (QED) is 0.626. The number of hydrogen-bond acceptors (Lipinski definition) is 3. The van der Waals surface area contributed by atoms with Gasteiger partial charge in [-0.15, -0.1) is 0 Å². The number of rotatable bonds is 0. The van der Waals surface area contributed by atoms with Gasteiger partial charge in [-0.25, -0.2) is 0 Å². The Morgan fingerprint density at radius 1 is 1.12 bits per heavy atom. The molecule has 1 aliphatic carbocycles. The summed E-state index contributed by atoms with van der Waals surface area (Å²) in [7, 11) is 0. The zero-order chi connectivity index (χ0) is 11.5. The Morgan fingerprint density at radius 3 is 2.38 bits per heavy atom. The van der Waals surface area contributed by atoms with E-state index in [1.54, 1.807) is 0 Å². The number of allylic oxidation sites excluding steroid dienone is 2. The highest BCUT2D eigenvalue weighted by atomic mass is 16.7. The molecule has 2 bridgehead atoms. The third-order valence-corrected chi connectivity index (χ3v) is 4.12. The van der Waals surface area contributed by atoms with Gasteiger partial charge in [0, 0.05) is 22.6 Å². The number of hydrogen-bond donors (Lipinski definition) is 0. The van der Waals surface area contributed by atoms with E-state index in [-0.39, 0.29) is 5.78 Å². The molecule has 0 atom stereocenters. The molecule has 3 saturated heterocycles. The van der Waals surface area contributed by atoms with Crippen molar-refractivity contribution in [1.29, 1.82) is 0 Å².